The third-order valence-corrected chi connectivity index (χ3v) is 9.25. The zero-order chi connectivity index (χ0) is 24.3. The fourth-order valence-corrected chi connectivity index (χ4v) is 7.38. The van der Waals surface area contributed by atoms with Gasteiger partial charge in [-0.05, 0) is 36.4 Å². The Balaban J connectivity index is 2.14. The van der Waals surface area contributed by atoms with Gasteiger partial charge in [0, 0.05) is 31.6 Å². The van der Waals surface area contributed by atoms with Crippen molar-refractivity contribution in [3.8, 4) is 0 Å². The van der Waals surface area contributed by atoms with Crippen LogP contribution in [0.25, 0.3) is 21.5 Å². The average molecular weight is 547 g/mol. The topological polar surface area (TPSA) is 143 Å². The maximum Gasteiger partial charge on any atom is 0.295 e. The highest BCUT2D eigenvalue weighted by atomic mass is 35.5. The quantitative estimate of drug-likeness (QED) is 0.352. The number of hydrogen-bond acceptors (Lipinski definition) is 6. The Morgan fingerprint density at radius 3 is 1.21 bits per heavy atom. The number of sulfone groups is 1. The van der Waals surface area contributed by atoms with Crippen LogP contribution in [0.3, 0.4) is 0 Å². The molecule has 2 N–H and O–H groups in total. The van der Waals surface area contributed by atoms with Gasteiger partial charge in [-0.1, -0.05) is 47.5 Å². The molecule has 13 heteroatoms. The maximum atomic E-state index is 13.7. The zero-order valence-electron chi connectivity index (χ0n) is 16.1. The molecule has 0 aliphatic carbocycles. The molecule has 4 aromatic carbocycles. The van der Waals surface area contributed by atoms with Crippen molar-refractivity contribution >= 4 is 74.8 Å². The second-order valence-electron chi connectivity index (χ2n) is 6.90. The average Bonchev–Trinajstić information content (AvgIpc) is 2.72. The molecular weight excluding hydrogens is 535 g/mol. The molecule has 4 aromatic rings. The molecule has 33 heavy (non-hydrogen) atoms. The zero-order valence-corrected chi connectivity index (χ0v) is 20.1. The van der Waals surface area contributed by atoms with E-state index in [0.717, 1.165) is 12.1 Å². The highest BCUT2D eigenvalue weighted by Gasteiger charge is 2.28. The van der Waals surface area contributed by atoms with E-state index in [1.54, 1.807) is 0 Å². The molecule has 0 fully saturated rings. The summed E-state index contributed by atoms with van der Waals surface area (Å²) >= 11 is 12.3. The first-order chi connectivity index (χ1) is 15.2. The lowest BCUT2D eigenvalue weighted by Gasteiger charge is -2.14. The standard InChI is InChI=1S/C20H12Cl2O8S3/c21-13-7-9-15(11-3-1-5-17(19(11)13)32(25,26)27)31(23,24)16-10-8-14(22)20-12(16)4-2-6-18(20)33(28,29)30/h1-10H,(H,25,26,27)(H,28,29,30). The normalized spacial score (nSPS) is 13.0. The number of hydrogen-bond donors (Lipinski definition) is 2. The molecular formula is C20H12Cl2O8S3. The van der Waals surface area contributed by atoms with Crippen LogP contribution in [0.5, 0.6) is 0 Å². The molecule has 0 bridgehead atoms. The molecule has 0 spiro atoms. The summed E-state index contributed by atoms with van der Waals surface area (Å²) in [5, 5.41) is -0.754. The third kappa shape index (κ3) is 3.99. The molecule has 0 unspecified atom stereocenters. The summed E-state index contributed by atoms with van der Waals surface area (Å²) in [6.07, 6.45) is 0. The molecule has 4 rings (SSSR count). The predicted octanol–water partition coefficient (Wildman–Crippen LogP) is 4.63. The van der Waals surface area contributed by atoms with Gasteiger partial charge in [0.25, 0.3) is 20.2 Å². The molecule has 0 aromatic heterocycles. The van der Waals surface area contributed by atoms with Crippen molar-refractivity contribution in [1.29, 1.82) is 0 Å². The van der Waals surface area contributed by atoms with Gasteiger partial charge in [-0.25, -0.2) is 8.42 Å². The highest BCUT2D eigenvalue weighted by molar-refractivity contribution is 7.92. The largest absolute Gasteiger partial charge is 0.295 e. The summed E-state index contributed by atoms with van der Waals surface area (Å²) in [4.78, 5) is -1.82. The van der Waals surface area contributed by atoms with Crippen LogP contribution < -0.4 is 0 Å². The molecule has 0 aliphatic rings. The van der Waals surface area contributed by atoms with Crippen molar-refractivity contribution in [1.82, 2.24) is 0 Å². The first kappa shape index (κ1) is 23.9. The van der Waals surface area contributed by atoms with Gasteiger partial charge in [-0.2, -0.15) is 16.8 Å². The van der Waals surface area contributed by atoms with Crippen molar-refractivity contribution in [2.24, 2.45) is 0 Å². The van der Waals surface area contributed by atoms with Gasteiger partial charge in [0.05, 0.1) is 9.79 Å². The van der Waals surface area contributed by atoms with E-state index in [9.17, 15) is 34.4 Å². The summed E-state index contributed by atoms with van der Waals surface area (Å²) in [6, 6.07) is 12.0. The number of halogens is 2. The lowest BCUT2D eigenvalue weighted by molar-refractivity contribution is 0.482. The van der Waals surface area contributed by atoms with Gasteiger partial charge in [-0.15, -0.1) is 0 Å². The summed E-state index contributed by atoms with van der Waals surface area (Å²) in [7, 11) is -13.9. The van der Waals surface area contributed by atoms with Crippen molar-refractivity contribution in [2.75, 3.05) is 0 Å². The van der Waals surface area contributed by atoms with Crippen molar-refractivity contribution < 1.29 is 34.4 Å². The highest BCUT2D eigenvalue weighted by Crippen LogP contribution is 2.40. The lowest BCUT2D eigenvalue weighted by Crippen LogP contribution is -2.07. The minimum absolute atomic E-state index is 0.0772. The van der Waals surface area contributed by atoms with Gasteiger partial charge in [0.1, 0.15) is 9.79 Å². The van der Waals surface area contributed by atoms with E-state index >= 15 is 0 Å². The SMILES string of the molecule is O=S(=O)(O)c1cccc2c(S(=O)(=O)c3ccc(Cl)c4c(S(=O)(=O)O)cccc34)ccc(Cl)c12. The lowest BCUT2D eigenvalue weighted by atomic mass is 10.1. The van der Waals surface area contributed by atoms with Crippen LogP contribution >= 0.6 is 23.2 Å². The van der Waals surface area contributed by atoms with Gasteiger partial charge < -0.3 is 0 Å². The third-order valence-electron chi connectivity index (χ3n) is 4.96. The van der Waals surface area contributed by atoms with Crippen LogP contribution in [0.2, 0.25) is 10.0 Å². The van der Waals surface area contributed by atoms with Crippen LogP contribution in [-0.4, -0.2) is 34.4 Å². The van der Waals surface area contributed by atoms with Gasteiger partial charge in [0.2, 0.25) is 9.84 Å². The fraction of sp³-hybridized carbons (Fsp3) is 0. The van der Waals surface area contributed by atoms with Gasteiger partial charge in [0.15, 0.2) is 0 Å². The number of benzene rings is 4. The van der Waals surface area contributed by atoms with E-state index in [1.165, 1.54) is 48.5 Å². The molecule has 0 aliphatic heterocycles. The van der Waals surface area contributed by atoms with Crippen molar-refractivity contribution in [2.45, 2.75) is 19.6 Å². The Hall–Kier alpha value is -2.25. The van der Waals surface area contributed by atoms with E-state index in [2.05, 4.69) is 0 Å². The van der Waals surface area contributed by atoms with Gasteiger partial charge >= 0.3 is 0 Å². The minimum atomic E-state index is -4.73. The second-order valence-corrected chi connectivity index (χ2v) is 12.4. The Kier molecular flexibility index (Phi) is 5.73. The molecule has 8 nitrogen and oxygen atoms in total. The smallest absolute Gasteiger partial charge is 0.282 e. The number of fused-ring (bicyclic) bond motifs is 2. The second kappa shape index (κ2) is 7.91. The molecule has 0 saturated carbocycles. The van der Waals surface area contributed by atoms with Crippen LogP contribution in [0.1, 0.15) is 0 Å². The molecule has 0 saturated heterocycles. The first-order valence-corrected chi connectivity index (χ1v) is 14.0. The van der Waals surface area contributed by atoms with E-state index in [-0.39, 0.29) is 41.4 Å². The van der Waals surface area contributed by atoms with E-state index in [4.69, 9.17) is 23.2 Å². The summed E-state index contributed by atoms with van der Waals surface area (Å²) in [6.45, 7) is 0. The van der Waals surface area contributed by atoms with Crippen LogP contribution in [0.15, 0.2) is 80.2 Å². The number of rotatable bonds is 4. The van der Waals surface area contributed by atoms with Crippen LogP contribution in [0.4, 0.5) is 0 Å². The maximum absolute atomic E-state index is 13.7. The molecule has 0 radical (unpaired) electrons. The Morgan fingerprint density at radius 1 is 0.515 bits per heavy atom. The summed E-state index contributed by atoms with van der Waals surface area (Å²) < 4.78 is 93.8. The van der Waals surface area contributed by atoms with Crippen molar-refractivity contribution in [3.05, 3.63) is 70.7 Å². The van der Waals surface area contributed by atoms with Crippen LogP contribution in [-0.2, 0) is 30.1 Å². The Labute approximate surface area is 198 Å². The monoisotopic (exact) mass is 546 g/mol. The molecule has 172 valence electrons. The van der Waals surface area contributed by atoms with Gasteiger partial charge in [-0.3, -0.25) is 9.11 Å². The van der Waals surface area contributed by atoms with E-state index in [1.807, 2.05) is 0 Å². The molecule has 0 atom stereocenters. The van der Waals surface area contributed by atoms with E-state index in [0.29, 0.717) is 0 Å². The predicted molar refractivity (Wildman–Crippen MR) is 123 cm³/mol. The minimum Gasteiger partial charge on any atom is -0.282 e. The summed E-state index contributed by atoms with van der Waals surface area (Å²) in [5.41, 5.74) is 0. The fourth-order valence-electron chi connectivity index (χ4n) is 3.63. The summed E-state index contributed by atoms with van der Waals surface area (Å²) in [5.74, 6) is 0. The molecule has 0 amide bonds. The van der Waals surface area contributed by atoms with E-state index < -0.39 is 39.9 Å². The first-order valence-electron chi connectivity index (χ1n) is 8.87. The molecule has 0 heterocycles. The Morgan fingerprint density at radius 2 is 0.879 bits per heavy atom. The van der Waals surface area contributed by atoms with Crippen molar-refractivity contribution in [3.63, 3.8) is 0 Å². The van der Waals surface area contributed by atoms with Crippen LogP contribution in [0, 0.1) is 0 Å². The Bertz CT molecular complexity index is 1670.